The van der Waals surface area contributed by atoms with Crippen LogP contribution in [0.25, 0.3) is 0 Å². The Bertz CT molecular complexity index is 524. The summed E-state index contributed by atoms with van der Waals surface area (Å²) in [6, 6.07) is 1.40. The number of ether oxygens (including phenoxy) is 1. The van der Waals surface area contributed by atoms with Crippen LogP contribution < -0.4 is 5.69 Å². The lowest BCUT2D eigenvalue weighted by atomic mass is 10.3. The molecular formula is C13H19N3O4. The number of aromatic nitrogens is 2. The first-order chi connectivity index (χ1) is 9.45. The number of carbonyl (C=O) groups excluding carboxylic acids is 2. The van der Waals surface area contributed by atoms with E-state index in [0.29, 0.717) is 0 Å². The minimum Gasteiger partial charge on any atom is -0.465 e. The first kappa shape index (κ1) is 15.9. The summed E-state index contributed by atoms with van der Waals surface area (Å²) in [5, 5.41) is 0. The Kier molecular flexibility index (Phi) is 5.89. The second-order valence-electron chi connectivity index (χ2n) is 4.45. The second-order valence-corrected chi connectivity index (χ2v) is 4.45. The van der Waals surface area contributed by atoms with Crippen LogP contribution >= 0.6 is 0 Å². The van der Waals surface area contributed by atoms with E-state index in [4.69, 9.17) is 4.74 Å². The Balaban J connectivity index is 2.77. The third kappa shape index (κ3) is 4.49. The van der Waals surface area contributed by atoms with E-state index in [1.165, 1.54) is 21.9 Å². The van der Waals surface area contributed by atoms with Crippen LogP contribution in [0.4, 0.5) is 0 Å². The fraction of sp³-hybridized carbons (Fsp3) is 0.538. The molecule has 0 unspecified atom stereocenters. The van der Waals surface area contributed by atoms with E-state index in [0.717, 1.165) is 0 Å². The molecule has 0 aliphatic carbocycles. The fourth-order valence-corrected chi connectivity index (χ4v) is 1.65. The van der Waals surface area contributed by atoms with Crippen molar-refractivity contribution in [2.24, 2.45) is 0 Å². The summed E-state index contributed by atoms with van der Waals surface area (Å²) in [4.78, 5) is 40.1. The van der Waals surface area contributed by atoms with Crippen LogP contribution in [0.15, 0.2) is 23.3 Å². The number of nitrogens with zero attached hydrogens (tertiary/aromatic N) is 3. The van der Waals surface area contributed by atoms with Crippen molar-refractivity contribution in [3.05, 3.63) is 28.9 Å². The maximum Gasteiger partial charge on any atom is 0.347 e. The molecule has 110 valence electrons. The Labute approximate surface area is 117 Å². The van der Waals surface area contributed by atoms with Crippen LogP contribution in [-0.4, -0.2) is 45.5 Å². The number of hydrogen-bond acceptors (Lipinski definition) is 5. The number of rotatable bonds is 6. The number of hydrogen-bond donors (Lipinski definition) is 0. The van der Waals surface area contributed by atoms with E-state index in [1.54, 1.807) is 26.8 Å². The topological polar surface area (TPSA) is 81.5 Å². The number of amides is 1. The standard InChI is InChI=1S/C13H19N3O4/c1-4-20-12(18)9-16(10(2)3)11(17)8-15-7-5-6-14-13(15)19/h5-7,10H,4,8-9H2,1-3H3. The SMILES string of the molecule is CCOC(=O)CN(C(=O)Cn1cccnc1=O)C(C)C. The molecule has 0 aromatic carbocycles. The zero-order valence-corrected chi connectivity index (χ0v) is 11.9. The van der Waals surface area contributed by atoms with Gasteiger partial charge in [-0.2, -0.15) is 0 Å². The zero-order chi connectivity index (χ0) is 15.1. The molecule has 0 aliphatic rings. The van der Waals surface area contributed by atoms with Gasteiger partial charge >= 0.3 is 11.7 Å². The molecule has 0 bridgehead atoms. The molecular weight excluding hydrogens is 262 g/mol. The lowest BCUT2D eigenvalue weighted by molar-refractivity contribution is -0.150. The highest BCUT2D eigenvalue weighted by Gasteiger charge is 2.21. The van der Waals surface area contributed by atoms with Crippen LogP contribution in [0.1, 0.15) is 20.8 Å². The largest absolute Gasteiger partial charge is 0.465 e. The molecule has 0 radical (unpaired) electrons. The van der Waals surface area contributed by atoms with Gasteiger partial charge in [-0.3, -0.25) is 14.2 Å². The summed E-state index contributed by atoms with van der Waals surface area (Å²) in [5.41, 5.74) is -0.499. The minimum atomic E-state index is -0.499. The Morgan fingerprint density at radius 3 is 2.70 bits per heavy atom. The molecule has 0 saturated heterocycles. The summed E-state index contributed by atoms with van der Waals surface area (Å²) in [6.45, 7) is 5.28. The summed E-state index contributed by atoms with van der Waals surface area (Å²) in [5.74, 6) is -0.795. The summed E-state index contributed by atoms with van der Waals surface area (Å²) >= 11 is 0. The van der Waals surface area contributed by atoms with Gasteiger partial charge in [-0.25, -0.2) is 9.78 Å². The predicted molar refractivity (Wildman–Crippen MR) is 72.0 cm³/mol. The molecule has 1 aromatic rings. The van der Waals surface area contributed by atoms with Crippen molar-refractivity contribution in [2.45, 2.75) is 33.4 Å². The summed E-state index contributed by atoms with van der Waals surface area (Å²) < 4.78 is 6.03. The molecule has 0 aliphatic heterocycles. The molecule has 0 saturated carbocycles. The van der Waals surface area contributed by atoms with Crippen molar-refractivity contribution in [3.8, 4) is 0 Å². The van der Waals surface area contributed by atoms with Crippen molar-refractivity contribution in [2.75, 3.05) is 13.2 Å². The van der Waals surface area contributed by atoms with Gasteiger partial charge in [0, 0.05) is 18.4 Å². The molecule has 20 heavy (non-hydrogen) atoms. The lowest BCUT2D eigenvalue weighted by Crippen LogP contribution is -2.44. The molecule has 0 N–H and O–H groups in total. The van der Waals surface area contributed by atoms with Gasteiger partial charge in [0.2, 0.25) is 5.91 Å². The van der Waals surface area contributed by atoms with Crippen molar-refractivity contribution in [1.82, 2.24) is 14.5 Å². The third-order valence-electron chi connectivity index (χ3n) is 2.64. The van der Waals surface area contributed by atoms with Crippen molar-refractivity contribution in [3.63, 3.8) is 0 Å². The Morgan fingerprint density at radius 1 is 1.45 bits per heavy atom. The smallest absolute Gasteiger partial charge is 0.347 e. The first-order valence-electron chi connectivity index (χ1n) is 6.42. The summed E-state index contributed by atoms with van der Waals surface area (Å²) in [7, 11) is 0. The van der Waals surface area contributed by atoms with Gasteiger partial charge in [-0.1, -0.05) is 0 Å². The molecule has 1 rings (SSSR count). The highest BCUT2D eigenvalue weighted by molar-refractivity contribution is 5.82. The van der Waals surface area contributed by atoms with E-state index in [2.05, 4.69) is 4.98 Å². The van der Waals surface area contributed by atoms with Crippen LogP contribution in [-0.2, 0) is 20.9 Å². The molecule has 1 aromatic heterocycles. The van der Waals surface area contributed by atoms with E-state index in [1.807, 2.05) is 0 Å². The first-order valence-corrected chi connectivity index (χ1v) is 6.42. The number of esters is 1. The minimum absolute atomic E-state index is 0.126. The average Bonchev–Trinajstić information content (AvgIpc) is 2.38. The zero-order valence-electron chi connectivity index (χ0n) is 11.9. The van der Waals surface area contributed by atoms with Gasteiger partial charge < -0.3 is 9.64 Å². The van der Waals surface area contributed by atoms with Gasteiger partial charge in [0.15, 0.2) is 0 Å². The Morgan fingerprint density at radius 2 is 2.15 bits per heavy atom. The molecule has 0 atom stereocenters. The van der Waals surface area contributed by atoms with E-state index >= 15 is 0 Å². The van der Waals surface area contributed by atoms with Gasteiger partial charge in [-0.15, -0.1) is 0 Å². The maximum absolute atomic E-state index is 12.2. The van der Waals surface area contributed by atoms with E-state index in [-0.39, 0.29) is 31.6 Å². The van der Waals surface area contributed by atoms with Crippen molar-refractivity contribution >= 4 is 11.9 Å². The molecule has 7 nitrogen and oxygen atoms in total. The van der Waals surface area contributed by atoms with Gasteiger partial charge in [-0.05, 0) is 26.8 Å². The number of carbonyl (C=O) groups is 2. The lowest BCUT2D eigenvalue weighted by Gasteiger charge is -2.25. The maximum atomic E-state index is 12.2. The third-order valence-corrected chi connectivity index (χ3v) is 2.64. The van der Waals surface area contributed by atoms with Crippen LogP contribution in [0.5, 0.6) is 0 Å². The normalized spacial score (nSPS) is 10.4. The van der Waals surface area contributed by atoms with Gasteiger partial charge in [0.05, 0.1) is 6.61 Å². The summed E-state index contributed by atoms with van der Waals surface area (Å²) in [6.07, 6.45) is 2.85. The van der Waals surface area contributed by atoms with Crippen molar-refractivity contribution in [1.29, 1.82) is 0 Å². The fourth-order valence-electron chi connectivity index (χ4n) is 1.65. The van der Waals surface area contributed by atoms with Gasteiger partial charge in [0.25, 0.3) is 0 Å². The molecule has 0 spiro atoms. The quantitative estimate of drug-likeness (QED) is 0.688. The Hall–Kier alpha value is -2.18. The molecule has 0 fully saturated rings. The van der Waals surface area contributed by atoms with Gasteiger partial charge in [0.1, 0.15) is 13.1 Å². The van der Waals surface area contributed by atoms with E-state index in [9.17, 15) is 14.4 Å². The van der Waals surface area contributed by atoms with Crippen LogP contribution in [0.3, 0.4) is 0 Å². The van der Waals surface area contributed by atoms with Crippen LogP contribution in [0, 0.1) is 0 Å². The van der Waals surface area contributed by atoms with E-state index < -0.39 is 11.7 Å². The predicted octanol–water partition coefficient (Wildman–Crippen LogP) is 0.0434. The van der Waals surface area contributed by atoms with Crippen molar-refractivity contribution < 1.29 is 14.3 Å². The second kappa shape index (κ2) is 7.42. The molecule has 1 amide bonds. The highest BCUT2D eigenvalue weighted by Crippen LogP contribution is 2.01. The average molecular weight is 281 g/mol. The van der Waals surface area contributed by atoms with Crippen LogP contribution in [0.2, 0.25) is 0 Å². The molecule has 7 heteroatoms. The highest BCUT2D eigenvalue weighted by atomic mass is 16.5. The molecule has 1 heterocycles. The monoisotopic (exact) mass is 281 g/mol.